The molecule has 0 fully saturated rings. The van der Waals surface area contributed by atoms with E-state index in [1.807, 2.05) is 6.07 Å². The Kier molecular flexibility index (Phi) is 4.89. The number of aromatic hydroxyl groups is 1. The second kappa shape index (κ2) is 6.85. The minimum Gasteiger partial charge on any atom is -0.508 e. The van der Waals surface area contributed by atoms with E-state index in [2.05, 4.69) is 15.5 Å². The SMILES string of the molecule is CCOC(=O)c1sc(NN=Cc2cccc(O)c2)nc1C. The zero-order chi connectivity index (χ0) is 15.2. The summed E-state index contributed by atoms with van der Waals surface area (Å²) in [5.74, 6) is -0.203. The van der Waals surface area contributed by atoms with Gasteiger partial charge < -0.3 is 9.84 Å². The van der Waals surface area contributed by atoms with E-state index in [-0.39, 0.29) is 11.7 Å². The number of esters is 1. The highest BCUT2D eigenvalue weighted by Crippen LogP contribution is 2.23. The van der Waals surface area contributed by atoms with Crippen LogP contribution in [0.2, 0.25) is 0 Å². The van der Waals surface area contributed by atoms with Gasteiger partial charge in [-0.15, -0.1) is 0 Å². The van der Waals surface area contributed by atoms with Gasteiger partial charge in [0.2, 0.25) is 5.13 Å². The van der Waals surface area contributed by atoms with Crippen molar-refractivity contribution in [3.63, 3.8) is 0 Å². The van der Waals surface area contributed by atoms with Crippen molar-refractivity contribution in [2.24, 2.45) is 5.10 Å². The number of hydrogen-bond acceptors (Lipinski definition) is 7. The van der Waals surface area contributed by atoms with Crippen molar-refractivity contribution in [1.82, 2.24) is 4.98 Å². The van der Waals surface area contributed by atoms with Crippen molar-refractivity contribution in [1.29, 1.82) is 0 Å². The van der Waals surface area contributed by atoms with E-state index in [1.165, 1.54) is 11.3 Å². The normalized spacial score (nSPS) is 10.8. The molecule has 0 unspecified atom stereocenters. The van der Waals surface area contributed by atoms with Crippen molar-refractivity contribution in [3.05, 3.63) is 40.4 Å². The first kappa shape index (κ1) is 15.0. The van der Waals surface area contributed by atoms with Gasteiger partial charge >= 0.3 is 5.97 Å². The molecule has 2 N–H and O–H groups in total. The topological polar surface area (TPSA) is 83.8 Å². The molecule has 110 valence electrons. The number of ether oxygens (including phenoxy) is 1. The van der Waals surface area contributed by atoms with Gasteiger partial charge in [0.1, 0.15) is 10.6 Å². The standard InChI is InChI=1S/C14H15N3O3S/c1-3-20-13(19)12-9(2)16-14(21-12)17-15-8-10-5-4-6-11(18)7-10/h4-8,18H,3H2,1-2H3,(H,16,17). The number of hydrogen-bond donors (Lipinski definition) is 2. The molecule has 2 aromatic rings. The molecule has 6 nitrogen and oxygen atoms in total. The Morgan fingerprint density at radius 1 is 1.57 bits per heavy atom. The van der Waals surface area contributed by atoms with E-state index in [0.717, 1.165) is 5.56 Å². The Morgan fingerprint density at radius 2 is 2.38 bits per heavy atom. The highest BCUT2D eigenvalue weighted by Gasteiger charge is 2.15. The third-order valence-electron chi connectivity index (χ3n) is 2.50. The maximum atomic E-state index is 11.7. The number of phenolic OH excluding ortho intramolecular Hbond substituents is 1. The predicted octanol–water partition coefficient (Wildman–Crippen LogP) is 2.78. The average molecular weight is 305 g/mol. The number of anilines is 1. The van der Waals surface area contributed by atoms with E-state index in [4.69, 9.17) is 4.74 Å². The van der Waals surface area contributed by atoms with Crippen LogP contribution in [0, 0.1) is 6.92 Å². The summed E-state index contributed by atoms with van der Waals surface area (Å²) in [7, 11) is 0. The molecule has 1 aromatic heterocycles. The molecule has 0 saturated heterocycles. The molecular weight excluding hydrogens is 290 g/mol. The number of hydrazone groups is 1. The fourth-order valence-corrected chi connectivity index (χ4v) is 2.41. The van der Waals surface area contributed by atoms with Gasteiger partial charge in [-0.1, -0.05) is 23.5 Å². The maximum Gasteiger partial charge on any atom is 0.350 e. The number of nitrogens with one attached hydrogen (secondary N) is 1. The first-order chi connectivity index (χ1) is 10.1. The van der Waals surface area contributed by atoms with Crippen LogP contribution in [0.1, 0.15) is 27.9 Å². The number of benzene rings is 1. The van der Waals surface area contributed by atoms with E-state index < -0.39 is 0 Å². The molecule has 0 amide bonds. The summed E-state index contributed by atoms with van der Waals surface area (Å²) < 4.78 is 4.95. The molecule has 0 radical (unpaired) electrons. The van der Waals surface area contributed by atoms with Crippen LogP contribution >= 0.6 is 11.3 Å². The molecule has 0 aliphatic carbocycles. The van der Waals surface area contributed by atoms with Crippen molar-refractivity contribution in [2.75, 3.05) is 12.0 Å². The van der Waals surface area contributed by atoms with E-state index in [9.17, 15) is 9.90 Å². The Balaban J connectivity index is 2.04. The van der Waals surface area contributed by atoms with Crippen LogP contribution in [0.4, 0.5) is 5.13 Å². The Bertz CT molecular complexity index is 667. The molecule has 2 rings (SSSR count). The molecule has 0 atom stereocenters. The average Bonchev–Trinajstić information content (AvgIpc) is 2.80. The number of thiazole rings is 1. The first-order valence-corrected chi connectivity index (χ1v) is 7.14. The number of phenols is 1. The lowest BCUT2D eigenvalue weighted by atomic mass is 10.2. The number of rotatable bonds is 5. The first-order valence-electron chi connectivity index (χ1n) is 6.32. The highest BCUT2D eigenvalue weighted by molar-refractivity contribution is 7.17. The second-order valence-electron chi connectivity index (χ2n) is 4.12. The summed E-state index contributed by atoms with van der Waals surface area (Å²) >= 11 is 1.19. The summed E-state index contributed by atoms with van der Waals surface area (Å²) in [6.07, 6.45) is 1.56. The van der Waals surface area contributed by atoms with Gasteiger partial charge in [-0.2, -0.15) is 5.10 Å². The molecule has 7 heteroatoms. The van der Waals surface area contributed by atoms with Crippen molar-refractivity contribution >= 4 is 28.7 Å². The number of aromatic nitrogens is 1. The zero-order valence-electron chi connectivity index (χ0n) is 11.7. The molecule has 21 heavy (non-hydrogen) atoms. The molecule has 0 bridgehead atoms. The number of carbonyl (C=O) groups is 1. The summed E-state index contributed by atoms with van der Waals surface area (Å²) in [5, 5.41) is 13.9. The third-order valence-corrected chi connectivity index (χ3v) is 3.54. The van der Waals surface area contributed by atoms with E-state index >= 15 is 0 Å². The Morgan fingerprint density at radius 3 is 3.10 bits per heavy atom. The molecule has 0 saturated carbocycles. The van der Waals surface area contributed by atoms with Gasteiger partial charge in [0.25, 0.3) is 0 Å². The van der Waals surface area contributed by atoms with Gasteiger partial charge in [-0.3, -0.25) is 5.43 Å². The molecule has 1 aromatic carbocycles. The smallest absolute Gasteiger partial charge is 0.350 e. The Hall–Kier alpha value is -2.41. The van der Waals surface area contributed by atoms with Crippen LogP contribution in [0.25, 0.3) is 0 Å². The molecule has 0 spiro atoms. The van der Waals surface area contributed by atoms with Crippen LogP contribution in [0.15, 0.2) is 29.4 Å². The lowest BCUT2D eigenvalue weighted by molar-refractivity contribution is 0.0531. The van der Waals surface area contributed by atoms with Crippen molar-refractivity contribution in [2.45, 2.75) is 13.8 Å². The quantitative estimate of drug-likeness (QED) is 0.504. The molecular formula is C14H15N3O3S. The molecule has 0 aliphatic rings. The fraction of sp³-hybridized carbons (Fsp3) is 0.214. The van der Waals surface area contributed by atoms with Gasteiger partial charge in [0.15, 0.2) is 0 Å². The number of aryl methyl sites for hydroxylation is 1. The summed E-state index contributed by atoms with van der Waals surface area (Å²) in [4.78, 5) is 16.3. The van der Waals surface area contributed by atoms with Crippen molar-refractivity contribution < 1.29 is 14.6 Å². The lowest BCUT2D eigenvalue weighted by Crippen LogP contribution is -2.03. The van der Waals surface area contributed by atoms with Gasteiger partial charge in [-0.25, -0.2) is 9.78 Å². The third kappa shape index (κ3) is 4.03. The number of carbonyl (C=O) groups excluding carboxylic acids is 1. The predicted molar refractivity (Wildman–Crippen MR) is 82.1 cm³/mol. The minimum absolute atomic E-state index is 0.175. The summed E-state index contributed by atoms with van der Waals surface area (Å²) in [5.41, 5.74) is 4.11. The van der Waals surface area contributed by atoms with Crippen LogP contribution in [-0.2, 0) is 4.74 Å². The monoisotopic (exact) mass is 305 g/mol. The maximum absolute atomic E-state index is 11.7. The largest absolute Gasteiger partial charge is 0.508 e. The van der Waals surface area contributed by atoms with Gasteiger partial charge in [0, 0.05) is 0 Å². The van der Waals surface area contributed by atoms with Gasteiger partial charge in [-0.05, 0) is 31.5 Å². The zero-order valence-corrected chi connectivity index (χ0v) is 12.5. The summed E-state index contributed by atoms with van der Waals surface area (Å²) in [6.45, 7) is 3.83. The summed E-state index contributed by atoms with van der Waals surface area (Å²) in [6, 6.07) is 6.70. The fourth-order valence-electron chi connectivity index (χ4n) is 1.60. The van der Waals surface area contributed by atoms with Crippen LogP contribution in [0.5, 0.6) is 5.75 Å². The Labute approximate surface area is 126 Å². The van der Waals surface area contributed by atoms with E-state index in [0.29, 0.717) is 22.3 Å². The van der Waals surface area contributed by atoms with Crippen LogP contribution < -0.4 is 5.43 Å². The highest BCUT2D eigenvalue weighted by atomic mass is 32.1. The van der Waals surface area contributed by atoms with Crippen LogP contribution in [0.3, 0.4) is 0 Å². The second-order valence-corrected chi connectivity index (χ2v) is 5.12. The van der Waals surface area contributed by atoms with E-state index in [1.54, 1.807) is 38.3 Å². The lowest BCUT2D eigenvalue weighted by Gasteiger charge is -1.97. The van der Waals surface area contributed by atoms with Gasteiger partial charge in [0.05, 0.1) is 18.5 Å². The molecule has 0 aliphatic heterocycles. The minimum atomic E-state index is -0.377. The van der Waals surface area contributed by atoms with Crippen LogP contribution in [-0.4, -0.2) is 28.9 Å². The number of nitrogens with zero attached hydrogens (tertiary/aromatic N) is 2. The molecule has 1 heterocycles. The van der Waals surface area contributed by atoms with Crippen molar-refractivity contribution in [3.8, 4) is 5.75 Å².